The quantitative estimate of drug-likeness (QED) is 0.198. The molecule has 0 atom stereocenters. The first kappa shape index (κ1) is 26.9. The van der Waals surface area contributed by atoms with Crippen LogP contribution >= 0.6 is 11.6 Å². The van der Waals surface area contributed by atoms with Crippen molar-refractivity contribution >= 4 is 45.1 Å². The summed E-state index contributed by atoms with van der Waals surface area (Å²) in [5.74, 6) is -1.02. The van der Waals surface area contributed by atoms with E-state index >= 15 is 0 Å². The SMILES string of the molecule is Cc1cc(C(=O)COC(=O)c2ccc(NS(=O)(=O)/C=C/c3ccccc3)cc2)c(C)n1-c1ccc(Cl)cc1. The van der Waals surface area contributed by atoms with Gasteiger partial charge in [0.2, 0.25) is 5.78 Å². The van der Waals surface area contributed by atoms with Gasteiger partial charge in [-0.05, 0) is 80.1 Å². The van der Waals surface area contributed by atoms with Gasteiger partial charge in [-0.2, -0.15) is 0 Å². The zero-order chi connectivity index (χ0) is 27.3. The fourth-order valence-corrected chi connectivity index (χ4v) is 4.92. The van der Waals surface area contributed by atoms with Crippen LogP contribution in [0.3, 0.4) is 0 Å². The lowest BCUT2D eigenvalue weighted by atomic mass is 10.1. The Morgan fingerprint density at radius 3 is 2.26 bits per heavy atom. The molecule has 1 aromatic heterocycles. The number of nitrogens with one attached hydrogen (secondary N) is 1. The monoisotopic (exact) mass is 548 g/mol. The minimum atomic E-state index is -3.75. The molecule has 0 bridgehead atoms. The third-order valence-electron chi connectivity index (χ3n) is 5.77. The number of Topliss-reactive ketones (excluding diaryl/α,β-unsaturated/α-hetero) is 1. The highest BCUT2D eigenvalue weighted by atomic mass is 35.5. The first-order valence-electron chi connectivity index (χ1n) is 11.6. The van der Waals surface area contributed by atoms with Crippen molar-refractivity contribution in [2.24, 2.45) is 0 Å². The number of ketones is 1. The molecule has 0 aliphatic heterocycles. The number of benzene rings is 3. The molecule has 1 heterocycles. The molecule has 0 saturated heterocycles. The molecular weight excluding hydrogens is 524 g/mol. The van der Waals surface area contributed by atoms with E-state index in [0.29, 0.717) is 10.6 Å². The minimum absolute atomic E-state index is 0.187. The molecule has 4 rings (SSSR count). The molecule has 0 unspecified atom stereocenters. The first-order chi connectivity index (χ1) is 18.1. The summed E-state index contributed by atoms with van der Waals surface area (Å²) in [5.41, 5.74) is 4.12. The fraction of sp³-hybridized carbons (Fsp3) is 0.103. The van der Waals surface area contributed by atoms with Gasteiger partial charge in [0.05, 0.1) is 11.0 Å². The number of halogens is 1. The summed E-state index contributed by atoms with van der Waals surface area (Å²) < 4.78 is 34.2. The van der Waals surface area contributed by atoms with Gasteiger partial charge in [0, 0.05) is 33.3 Å². The Hall–Kier alpha value is -4.14. The molecular formula is C29H25ClN2O5S. The second-order valence-corrected chi connectivity index (χ2v) is 10.5. The number of carbonyl (C=O) groups excluding carboxylic acids is 2. The second kappa shape index (κ2) is 11.5. The first-order valence-corrected chi connectivity index (χ1v) is 13.6. The Bertz CT molecular complexity index is 1590. The van der Waals surface area contributed by atoms with Crippen molar-refractivity contribution in [1.29, 1.82) is 0 Å². The number of esters is 1. The third-order valence-corrected chi connectivity index (χ3v) is 7.04. The van der Waals surface area contributed by atoms with Crippen molar-refractivity contribution in [1.82, 2.24) is 4.57 Å². The number of aryl methyl sites for hydroxylation is 1. The average molecular weight is 549 g/mol. The van der Waals surface area contributed by atoms with E-state index in [0.717, 1.165) is 28.0 Å². The molecule has 0 aliphatic carbocycles. The van der Waals surface area contributed by atoms with E-state index in [-0.39, 0.29) is 17.0 Å². The lowest BCUT2D eigenvalue weighted by Crippen LogP contribution is -2.15. The molecule has 7 nitrogen and oxygen atoms in total. The molecule has 0 amide bonds. The van der Waals surface area contributed by atoms with Crippen molar-refractivity contribution in [3.8, 4) is 5.69 Å². The second-order valence-electron chi connectivity index (χ2n) is 8.53. The maximum absolute atomic E-state index is 12.8. The van der Waals surface area contributed by atoms with Gasteiger partial charge < -0.3 is 9.30 Å². The van der Waals surface area contributed by atoms with Gasteiger partial charge in [-0.15, -0.1) is 0 Å². The van der Waals surface area contributed by atoms with Crippen LogP contribution in [-0.4, -0.2) is 31.3 Å². The van der Waals surface area contributed by atoms with Crippen molar-refractivity contribution < 1.29 is 22.7 Å². The van der Waals surface area contributed by atoms with E-state index in [2.05, 4.69) is 4.72 Å². The number of ether oxygens (including phenoxy) is 1. The van der Waals surface area contributed by atoms with Gasteiger partial charge in [0.1, 0.15) is 0 Å². The predicted octanol–water partition coefficient (Wildman–Crippen LogP) is 6.20. The van der Waals surface area contributed by atoms with E-state index < -0.39 is 22.6 Å². The Morgan fingerprint density at radius 2 is 1.61 bits per heavy atom. The highest BCUT2D eigenvalue weighted by Crippen LogP contribution is 2.23. The Labute approximate surface area is 226 Å². The molecule has 0 saturated carbocycles. The van der Waals surface area contributed by atoms with Crippen LogP contribution in [0.5, 0.6) is 0 Å². The van der Waals surface area contributed by atoms with Crippen LogP contribution in [0.2, 0.25) is 5.02 Å². The summed E-state index contributed by atoms with van der Waals surface area (Å²) in [7, 11) is -3.75. The van der Waals surface area contributed by atoms with Gasteiger partial charge in [0.15, 0.2) is 6.61 Å². The molecule has 0 spiro atoms. The molecule has 1 N–H and O–H groups in total. The van der Waals surface area contributed by atoms with Crippen molar-refractivity contribution in [2.75, 3.05) is 11.3 Å². The number of aromatic nitrogens is 1. The molecule has 9 heteroatoms. The van der Waals surface area contributed by atoms with E-state index in [1.165, 1.54) is 30.3 Å². The van der Waals surface area contributed by atoms with Crippen molar-refractivity contribution in [2.45, 2.75) is 13.8 Å². The number of nitrogens with zero attached hydrogens (tertiary/aromatic N) is 1. The van der Waals surface area contributed by atoms with Crippen molar-refractivity contribution in [3.05, 3.63) is 123 Å². The van der Waals surface area contributed by atoms with Gasteiger partial charge in [-0.1, -0.05) is 41.9 Å². The van der Waals surface area contributed by atoms with Crippen LogP contribution < -0.4 is 4.72 Å². The van der Waals surface area contributed by atoms with Gasteiger partial charge in [-0.25, -0.2) is 13.2 Å². The highest BCUT2D eigenvalue weighted by Gasteiger charge is 2.19. The summed E-state index contributed by atoms with van der Waals surface area (Å²) in [6, 6.07) is 23.8. The molecule has 194 valence electrons. The smallest absolute Gasteiger partial charge is 0.338 e. The van der Waals surface area contributed by atoms with Crippen LogP contribution in [0.15, 0.2) is 90.3 Å². The van der Waals surface area contributed by atoms with Crippen molar-refractivity contribution in [3.63, 3.8) is 0 Å². The summed E-state index contributed by atoms with van der Waals surface area (Å²) >= 11 is 5.98. The summed E-state index contributed by atoms with van der Waals surface area (Å²) in [5, 5.41) is 1.69. The lowest BCUT2D eigenvalue weighted by molar-refractivity contribution is 0.0474. The van der Waals surface area contributed by atoms with E-state index in [1.807, 2.05) is 48.7 Å². The number of rotatable bonds is 9. The standard InChI is InChI=1S/C29H25ClN2O5S/c1-20-18-27(21(2)32(20)26-14-10-24(30)11-15-26)28(33)19-37-29(34)23-8-12-25(13-9-23)31-38(35,36)17-16-22-6-4-3-5-7-22/h3-18,31H,19H2,1-2H3/b17-16+. The van der Waals surface area contributed by atoms with Crippen LogP contribution in [0, 0.1) is 13.8 Å². The molecule has 0 radical (unpaired) electrons. The van der Waals surface area contributed by atoms with Gasteiger partial charge in [0.25, 0.3) is 10.0 Å². The number of sulfonamides is 1. The zero-order valence-corrected chi connectivity index (χ0v) is 22.3. The molecule has 0 aliphatic rings. The predicted molar refractivity (Wildman–Crippen MR) is 149 cm³/mol. The number of hydrogen-bond acceptors (Lipinski definition) is 5. The molecule has 38 heavy (non-hydrogen) atoms. The van der Waals surface area contributed by atoms with Crippen LogP contribution in [0.1, 0.15) is 37.7 Å². The number of anilines is 1. The normalized spacial score (nSPS) is 11.4. The largest absolute Gasteiger partial charge is 0.454 e. The molecule has 3 aromatic carbocycles. The fourth-order valence-electron chi connectivity index (χ4n) is 3.93. The molecule has 0 fully saturated rings. The lowest BCUT2D eigenvalue weighted by Gasteiger charge is -2.10. The Morgan fingerprint density at radius 1 is 0.947 bits per heavy atom. The maximum Gasteiger partial charge on any atom is 0.338 e. The van der Waals surface area contributed by atoms with E-state index in [1.54, 1.807) is 30.3 Å². The topological polar surface area (TPSA) is 94.5 Å². The maximum atomic E-state index is 12.8. The van der Waals surface area contributed by atoms with Crippen LogP contribution in [0.25, 0.3) is 11.8 Å². The van der Waals surface area contributed by atoms with Gasteiger partial charge >= 0.3 is 5.97 Å². The third kappa shape index (κ3) is 6.59. The van der Waals surface area contributed by atoms with Crippen LogP contribution in [0.4, 0.5) is 5.69 Å². The van der Waals surface area contributed by atoms with Gasteiger partial charge in [-0.3, -0.25) is 9.52 Å². The summed E-state index contributed by atoms with van der Waals surface area (Å²) in [6.45, 7) is 3.28. The average Bonchev–Trinajstić information content (AvgIpc) is 3.21. The van der Waals surface area contributed by atoms with E-state index in [4.69, 9.17) is 16.3 Å². The highest BCUT2D eigenvalue weighted by molar-refractivity contribution is 7.95. The summed E-state index contributed by atoms with van der Waals surface area (Å²) in [4.78, 5) is 25.3. The Kier molecular flexibility index (Phi) is 8.14. The van der Waals surface area contributed by atoms with E-state index in [9.17, 15) is 18.0 Å². The number of hydrogen-bond donors (Lipinski definition) is 1. The summed E-state index contributed by atoms with van der Waals surface area (Å²) in [6.07, 6.45) is 1.48. The molecule has 4 aromatic rings. The number of carbonyl (C=O) groups is 2. The minimum Gasteiger partial charge on any atom is -0.454 e. The van der Waals surface area contributed by atoms with Crippen LogP contribution in [-0.2, 0) is 14.8 Å². The zero-order valence-electron chi connectivity index (χ0n) is 20.7. The Balaban J connectivity index is 1.37.